The van der Waals surface area contributed by atoms with Gasteiger partial charge in [0.2, 0.25) is 0 Å². The van der Waals surface area contributed by atoms with Crippen molar-refractivity contribution in [2.24, 2.45) is 0 Å². The topological polar surface area (TPSA) is 68.7 Å². The molecule has 6 heteroatoms. The maximum Gasteiger partial charge on any atom is 0.347 e. The number of hydrogen-bond acceptors (Lipinski definition) is 5. The highest BCUT2D eigenvalue weighted by Crippen LogP contribution is 2.30. The molecule has 0 spiro atoms. The predicted octanol–water partition coefficient (Wildman–Crippen LogP) is 4.53. The lowest BCUT2D eigenvalue weighted by Crippen LogP contribution is -2.08. The summed E-state index contributed by atoms with van der Waals surface area (Å²) in [5.74, 6) is 0.571. The Hall–Kier alpha value is -2.86. The Bertz CT molecular complexity index is 877. The molecule has 26 heavy (non-hydrogen) atoms. The van der Waals surface area contributed by atoms with Crippen LogP contribution >= 0.6 is 11.3 Å². The number of thiazole rings is 1. The third-order valence-corrected chi connectivity index (χ3v) is 4.81. The van der Waals surface area contributed by atoms with E-state index in [1.54, 1.807) is 0 Å². The molecule has 134 valence electrons. The summed E-state index contributed by atoms with van der Waals surface area (Å²) in [7, 11) is 0. The monoisotopic (exact) mass is 369 g/mol. The van der Waals surface area contributed by atoms with Crippen molar-refractivity contribution in [3.8, 4) is 22.1 Å². The van der Waals surface area contributed by atoms with Crippen molar-refractivity contribution in [3.05, 3.63) is 65.2 Å². The van der Waals surface area contributed by atoms with Gasteiger partial charge in [-0.05, 0) is 30.7 Å². The van der Waals surface area contributed by atoms with Crippen LogP contribution in [0.1, 0.15) is 22.3 Å². The van der Waals surface area contributed by atoms with Crippen molar-refractivity contribution in [2.75, 3.05) is 13.2 Å². The molecule has 0 amide bonds. The fraction of sp³-hybridized carbons (Fsp3) is 0.200. The molecule has 0 saturated heterocycles. The van der Waals surface area contributed by atoms with Gasteiger partial charge in [0.05, 0.1) is 5.69 Å². The lowest BCUT2D eigenvalue weighted by atomic mass is 10.2. The van der Waals surface area contributed by atoms with Gasteiger partial charge in [-0.3, -0.25) is 0 Å². The van der Waals surface area contributed by atoms with Gasteiger partial charge in [-0.15, -0.1) is 11.3 Å². The number of ether oxygens (including phenoxy) is 2. The number of aromatic nitrogens is 1. The zero-order valence-corrected chi connectivity index (χ0v) is 15.2. The van der Waals surface area contributed by atoms with Gasteiger partial charge >= 0.3 is 5.97 Å². The molecule has 0 aliphatic rings. The summed E-state index contributed by atoms with van der Waals surface area (Å²) in [6.45, 7) is 2.75. The van der Waals surface area contributed by atoms with Crippen molar-refractivity contribution in [3.63, 3.8) is 0 Å². The van der Waals surface area contributed by atoms with E-state index in [-0.39, 0.29) is 0 Å². The molecule has 0 atom stereocenters. The summed E-state index contributed by atoms with van der Waals surface area (Å²) in [6.07, 6.45) is 0.588. The Labute approximate surface area is 155 Å². The molecular weight excluding hydrogens is 350 g/mol. The van der Waals surface area contributed by atoms with Crippen LogP contribution < -0.4 is 9.47 Å². The Balaban J connectivity index is 1.64. The number of benzene rings is 2. The summed E-state index contributed by atoms with van der Waals surface area (Å²) in [6, 6.07) is 17.1. The lowest BCUT2D eigenvalue weighted by molar-refractivity contribution is 0.0701. The van der Waals surface area contributed by atoms with Gasteiger partial charge < -0.3 is 14.6 Å². The zero-order valence-electron chi connectivity index (χ0n) is 14.3. The SMILES string of the molecule is CCc1nc(-c2cccc(OCCOc3ccccc3)c2)sc1C(=O)O. The predicted molar refractivity (Wildman–Crippen MR) is 101 cm³/mol. The van der Waals surface area contributed by atoms with Crippen LogP contribution in [0.4, 0.5) is 0 Å². The maximum atomic E-state index is 11.3. The number of hydrogen-bond donors (Lipinski definition) is 1. The molecule has 2 aromatic carbocycles. The summed E-state index contributed by atoms with van der Waals surface area (Å²) < 4.78 is 11.3. The third kappa shape index (κ3) is 4.40. The van der Waals surface area contributed by atoms with Gasteiger partial charge in [0.1, 0.15) is 34.6 Å². The number of aromatic carboxylic acids is 1. The van der Waals surface area contributed by atoms with Crippen LogP contribution in [0.15, 0.2) is 54.6 Å². The average Bonchev–Trinajstić information content (AvgIpc) is 3.11. The van der Waals surface area contributed by atoms with E-state index in [1.807, 2.05) is 61.5 Å². The molecule has 1 N–H and O–H groups in total. The molecule has 0 bridgehead atoms. The van der Waals surface area contributed by atoms with E-state index in [1.165, 1.54) is 11.3 Å². The highest BCUT2D eigenvalue weighted by Gasteiger charge is 2.17. The maximum absolute atomic E-state index is 11.3. The molecule has 0 unspecified atom stereocenters. The standard InChI is InChI=1S/C20H19NO4S/c1-2-17-18(20(22)23)26-19(21-17)14-7-6-10-16(13-14)25-12-11-24-15-8-4-3-5-9-15/h3-10,13H,2,11-12H2,1H3,(H,22,23). The molecule has 3 rings (SSSR count). The fourth-order valence-electron chi connectivity index (χ4n) is 2.44. The van der Waals surface area contributed by atoms with Crippen molar-refractivity contribution in [2.45, 2.75) is 13.3 Å². The zero-order chi connectivity index (χ0) is 18.4. The minimum atomic E-state index is -0.934. The molecule has 5 nitrogen and oxygen atoms in total. The first-order chi connectivity index (χ1) is 12.7. The quantitative estimate of drug-likeness (QED) is 0.591. The highest BCUT2D eigenvalue weighted by molar-refractivity contribution is 7.17. The summed E-state index contributed by atoms with van der Waals surface area (Å²) in [5.41, 5.74) is 1.46. The number of para-hydroxylation sites is 1. The first kappa shape index (κ1) is 17.9. The van der Waals surface area contributed by atoms with Crippen LogP contribution in [0.5, 0.6) is 11.5 Å². The first-order valence-corrected chi connectivity index (χ1v) is 9.13. The molecule has 1 aromatic heterocycles. The van der Waals surface area contributed by atoms with Crippen molar-refractivity contribution >= 4 is 17.3 Å². The molecule has 0 radical (unpaired) electrons. The van der Waals surface area contributed by atoms with E-state index >= 15 is 0 Å². The van der Waals surface area contributed by atoms with Crippen LogP contribution in [0.2, 0.25) is 0 Å². The van der Waals surface area contributed by atoms with E-state index in [2.05, 4.69) is 4.98 Å². The van der Waals surface area contributed by atoms with Gasteiger partial charge in [0.25, 0.3) is 0 Å². The Morgan fingerprint density at radius 3 is 2.38 bits per heavy atom. The Morgan fingerprint density at radius 2 is 1.73 bits per heavy atom. The van der Waals surface area contributed by atoms with Gasteiger partial charge in [0, 0.05) is 5.56 Å². The van der Waals surface area contributed by atoms with Crippen LogP contribution in [0, 0.1) is 0 Å². The molecule has 0 saturated carbocycles. The van der Waals surface area contributed by atoms with Gasteiger partial charge in [-0.2, -0.15) is 0 Å². The van der Waals surface area contributed by atoms with E-state index < -0.39 is 5.97 Å². The fourth-order valence-corrected chi connectivity index (χ4v) is 3.43. The second-order valence-corrected chi connectivity index (χ2v) is 6.49. The van der Waals surface area contributed by atoms with E-state index in [0.29, 0.717) is 41.0 Å². The number of carboxylic acids is 1. The lowest BCUT2D eigenvalue weighted by Gasteiger charge is -2.09. The molecule has 0 aliphatic carbocycles. The van der Waals surface area contributed by atoms with Crippen molar-refractivity contribution in [1.82, 2.24) is 4.98 Å². The van der Waals surface area contributed by atoms with Gasteiger partial charge in [-0.1, -0.05) is 37.3 Å². The number of nitrogens with zero attached hydrogens (tertiary/aromatic N) is 1. The van der Waals surface area contributed by atoms with Crippen LogP contribution in [0.3, 0.4) is 0 Å². The average molecular weight is 369 g/mol. The minimum absolute atomic E-state index is 0.296. The number of carboxylic acid groups (broad SMARTS) is 1. The van der Waals surface area contributed by atoms with E-state index in [9.17, 15) is 9.90 Å². The van der Waals surface area contributed by atoms with Crippen molar-refractivity contribution in [1.29, 1.82) is 0 Å². The Morgan fingerprint density at radius 1 is 1.04 bits per heavy atom. The number of aryl methyl sites for hydroxylation is 1. The van der Waals surface area contributed by atoms with Crippen LogP contribution in [-0.4, -0.2) is 29.3 Å². The molecular formula is C20H19NO4S. The smallest absolute Gasteiger partial charge is 0.347 e. The van der Waals surface area contributed by atoms with Gasteiger partial charge in [-0.25, -0.2) is 9.78 Å². The molecule has 3 aromatic rings. The highest BCUT2D eigenvalue weighted by atomic mass is 32.1. The second kappa shape index (κ2) is 8.49. The largest absolute Gasteiger partial charge is 0.490 e. The molecule has 1 heterocycles. The van der Waals surface area contributed by atoms with E-state index in [4.69, 9.17) is 9.47 Å². The Kier molecular flexibility index (Phi) is 5.86. The summed E-state index contributed by atoms with van der Waals surface area (Å²) in [5, 5.41) is 9.97. The minimum Gasteiger partial charge on any atom is -0.490 e. The molecule has 0 aliphatic heterocycles. The van der Waals surface area contributed by atoms with Crippen molar-refractivity contribution < 1.29 is 19.4 Å². The second-order valence-electron chi connectivity index (χ2n) is 5.49. The summed E-state index contributed by atoms with van der Waals surface area (Å²) >= 11 is 1.19. The third-order valence-electron chi connectivity index (χ3n) is 3.67. The van der Waals surface area contributed by atoms with Crippen LogP contribution in [0.25, 0.3) is 10.6 Å². The number of rotatable bonds is 8. The van der Waals surface area contributed by atoms with Crippen LogP contribution in [-0.2, 0) is 6.42 Å². The summed E-state index contributed by atoms with van der Waals surface area (Å²) in [4.78, 5) is 16.1. The molecule has 0 fully saturated rings. The van der Waals surface area contributed by atoms with E-state index in [0.717, 1.165) is 11.3 Å². The first-order valence-electron chi connectivity index (χ1n) is 8.31. The number of carbonyl (C=O) groups is 1. The normalized spacial score (nSPS) is 10.5. The van der Waals surface area contributed by atoms with Gasteiger partial charge in [0.15, 0.2) is 0 Å².